The van der Waals surface area contributed by atoms with Gasteiger partial charge in [0.2, 0.25) is 0 Å². The number of rotatable bonds is 7. The molecule has 1 rings (SSSR count). The fourth-order valence-electron chi connectivity index (χ4n) is 1.64. The Bertz CT molecular complexity index is 502. The van der Waals surface area contributed by atoms with Gasteiger partial charge in [-0.2, -0.15) is 8.78 Å². The maximum atomic E-state index is 12.4. The predicted octanol–water partition coefficient (Wildman–Crippen LogP) is 2.57. The van der Waals surface area contributed by atoms with Crippen molar-refractivity contribution in [3.63, 3.8) is 0 Å². The van der Waals surface area contributed by atoms with Crippen LogP contribution in [-0.2, 0) is 20.7 Å². The van der Waals surface area contributed by atoms with E-state index in [-0.39, 0.29) is 30.8 Å². The molecule has 0 saturated heterocycles. The standard InChI is InChI=1S/C14H16F2O5/c1-3-20-13(18)10-6-4-9(5-7-12(17)19-2)8-11(10)21-14(15)16/h4,6,8,14H,3,5,7H2,1-2H3. The minimum absolute atomic E-state index is 0.0843. The van der Waals surface area contributed by atoms with Gasteiger partial charge in [-0.1, -0.05) is 6.07 Å². The molecule has 0 N–H and O–H groups in total. The number of methoxy groups -OCH3 is 1. The quantitative estimate of drug-likeness (QED) is 0.724. The minimum Gasteiger partial charge on any atom is -0.469 e. The van der Waals surface area contributed by atoms with Crippen LogP contribution in [0.25, 0.3) is 0 Å². The summed E-state index contributed by atoms with van der Waals surface area (Å²) in [6, 6.07) is 4.18. The predicted molar refractivity (Wildman–Crippen MR) is 69.4 cm³/mol. The summed E-state index contributed by atoms with van der Waals surface area (Å²) < 4.78 is 38.4. The fourth-order valence-corrected chi connectivity index (χ4v) is 1.64. The molecule has 0 bridgehead atoms. The highest BCUT2D eigenvalue weighted by molar-refractivity contribution is 5.92. The van der Waals surface area contributed by atoms with E-state index in [1.807, 2.05) is 0 Å². The lowest BCUT2D eigenvalue weighted by Crippen LogP contribution is -2.11. The van der Waals surface area contributed by atoms with Gasteiger partial charge < -0.3 is 14.2 Å². The second-order valence-electron chi connectivity index (χ2n) is 4.01. The first kappa shape index (κ1) is 16.9. The zero-order valence-corrected chi connectivity index (χ0v) is 11.7. The summed E-state index contributed by atoms with van der Waals surface area (Å²) in [6.07, 6.45) is 0.388. The Labute approximate surface area is 120 Å². The van der Waals surface area contributed by atoms with Gasteiger partial charge in [0, 0.05) is 6.42 Å². The second kappa shape index (κ2) is 8.18. The summed E-state index contributed by atoms with van der Waals surface area (Å²) in [4.78, 5) is 22.7. The molecule has 0 saturated carbocycles. The number of halogens is 2. The molecule has 1 aromatic rings. The average molecular weight is 302 g/mol. The zero-order valence-electron chi connectivity index (χ0n) is 11.7. The molecule has 0 atom stereocenters. The lowest BCUT2D eigenvalue weighted by molar-refractivity contribution is -0.140. The Hall–Kier alpha value is -2.18. The molecule has 0 aliphatic rings. The van der Waals surface area contributed by atoms with Crippen LogP contribution in [0.15, 0.2) is 18.2 Å². The van der Waals surface area contributed by atoms with Crippen molar-refractivity contribution < 1.29 is 32.6 Å². The Morgan fingerprint density at radius 1 is 1.29 bits per heavy atom. The van der Waals surface area contributed by atoms with Gasteiger partial charge >= 0.3 is 18.6 Å². The van der Waals surface area contributed by atoms with Crippen LogP contribution in [0, 0.1) is 0 Å². The zero-order chi connectivity index (χ0) is 15.8. The van der Waals surface area contributed by atoms with Gasteiger partial charge in [-0.3, -0.25) is 4.79 Å². The largest absolute Gasteiger partial charge is 0.469 e. The van der Waals surface area contributed by atoms with Gasteiger partial charge in [0.05, 0.1) is 13.7 Å². The fraction of sp³-hybridized carbons (Fsp3) is 0.429. The Morgan fingerprint density at radius 2 is 2.00 bits per heavy atom. The number of alkyl halides is 2. The number of carbonyl (C=O) groups is 2. The van der Waals surface area contributed by atoms with Crippen LogP contribution in [0.3, 0.4) is 0 Å². The highest BCUT2D eigenvalue weighted by atomic mass is 19.3. The molecule has 0 spiro atoms. The van der Waals surface area contributed by atoms with Gasteiger partial charge in [-0.05, 0) is 31.0 Å². The molecular formula is C14H16F2O5. The van der Waals surface area contributed by atoms with E-state index in [2.05, 4.69) is 9.47 Å². The van der Waals surface area contributed by atoms with Crippen LogP contribution < -0.4 is 4.74 Å². The maximum Gasteiger partial charge on any atom is 0.387 e. The smallest absolute Gasteiger partial charge is 0.387 e. The molecule has 7 heteroatoms. The normalized spacial score (nSPS) is 10.3. The number of ether oxygens (including phenoxy) is 3. The molecule has 21 heavy (non-hydrogen) atoms. The Kier molecular flexibility index (Phi) is 6.58. The van der Waals surface area contributed by atoms with Crippen LogP contribution in [0.1, 0.15) is 29.3 Å². The van der Waals surface area contributed by atoms with Crippen LogP contribution in [-0.4, -0.2) is 32.3 Å². The van der Waals surface area contributed by atoms with Crippen molar-refractivity contribution in [3.05, 3.63) is 29.3 Å². The van der Waals surface area contributed by atoms with Crippen molar-refractivity contribution in [1.82, 2.24) is 0 Å². The third kappa shape index (κ3) is 5.37. The number of carbonyl (C=O) groups excluding carboxylic acids is 2. The molecule has 0 aliphatic carbocycles. The van der Waals surface area contributed by atoms with Gasteiger partial charge in [0.25, 0.3) is 0 Å². The summed E-state index contributed by atoms with van der Waals surface area (Å²) >= 11 is 0. The molecule has 5 nitrogen and oxygen atoms in total. The number of hydrogen-bond donors (Lipinski definition) is 0. The highest BCUT2D eigenvalue weighted by Gasteiger charge is 2.17. The summed E-state index contributed by atoms with van der Waals surface area (Å²) in [5.41, 5.74) is 0.489. The van der Waals surface area contributed by atoms with E-state index in [1.54, 1.807) is 13.0 Å². The van der Waals surface area contributed by atoms with Gasteiger partial charge in [0.1, 0.15) is 11.3 Å². The first-order valence-corrected chi connectivity index (χ1v) is 6.29. The van der Waals surface area contributed by atoms with E-state index < -0.39 is 18.6 Å². The van der Waals surface area contributed by atoms with Crippen molar-refractivity contribution >= 4 is 11.9 Å². The molecule has 0 amide bonds. The van der Waals surface area contributed by atoms with Gasteiger partial charge in [-0.15, -0.1) is 0 Å². The number of aryl methyl sites for hydroxylation is 1. The third-order valence-electron chi connectivity index (χ3n) is 2.60. The molecule has 0 aromatic heterocycles. The summed E-state index contributed by atoms with van der Waals surface area (Å²) in [6.45, 7) is -1.33. The maximum absolute atomic E-state index is 12.4. The SMILES string of the molecule is CCOC(=O)c1ccc(CCC(=O)OC)cc1OC(F)F. The molecule has 0 aliphatic heterocycles. The highest BCUT2D eigenvalue weighted by Crippen LogP contribution is 2.24. The number of benzene rings is 1. The first-order chi connectivity index (χ1) is 9.97. The molecule has 0 fully saturated rings. The van der Waals surface area contributed by atoms with Crippen molar-refractivity contribution in [2.45, 2.75) is 26.4 Å². The summed E-state index contributed by atoms with van der Waals surface area (Å²) in [5, 5.41) is 0. The van der Waals surface area contributed by atoms with Crippen LogP contribution in [0.2, 0.25) is 0 Å². The molecular weight excluding hydrogens is 286 g/mol. The molecule has 0 unspecified atom stereocenters. The second-order valence-corrected chi connectivity index (χ2v) is 4.01. The lowest BCUT2D eigenvalue weighted by atomic mass is 10.1. The third-order valence-corrected chi connectivity index (χ3v) is 2.60. The Balaban J connectivity index is 2.95. The topological polar surface area (TPSA) is 61.8 Å². The monoisotopic (exact) mass is 302 g/mol. The molecule has 0 radical (unpaired) electrons. The average Bonchev–Trinajstić information content (AvgIpc) is 2.44. The van der Waals surface area contributed by atoms with Gasteiger partial charge in [-0.25, -0.2) is 4.79 Å². The Morgan fingerprint density at radius 3 is 2.57 bits per heavy atom. The number of hydrogen-bond acceptors (Lipinski definition) is 5. The van der Waals surface area contributed by atoms with Crippen LogP contribution in [0.4, 0.5) is 8.78 Å². The van der Waals surface area contributed by atoms with E-state index in [4.69, 9.17) is 4.74 Å². The lowest BCUT2D eigenvalue weighted by Gasteiger charge is -2.11. The number of esters is 2. The molecule has 116 valence electrons. The van der Waals surface area contributed by atoms with E-state index >= 15 is 0 Å². The van der Waals surface area contributed by atoms with E-state index in [9.17, 15) is 18.4 Å². The van der Waals surface area contributed by atoms with E-state index in [0.717, 1.165) is 0 Å². The van der Waals surface area contributed by atoms with Crippen LogP contribution in [0.5, 0.6) is 5.75 Å². The molecule has 0 heterocycles. The van der Waals surface area contributed by atoms with E-state index in [0.29, 0.717) is 5.56 Å². The summed E-state index contributed by atoms with van der Waals surface area (Å²) in [7, 11) is 1.26. The van der Waals surface area contributed by atoms with Crippen molar-refractivity contribution in [2.75, 3.05) is 13.7 Å². The van der Waals surface area contributed by atoms with Gasteiger partial charge in [0.15, 0.2) is 0 Å². The summed E-state index contributed by atoms with van der Waals surface area (Å²) in [5.74, 6) is -1.43. The minimum atomic E-state index is -3.06. The van der Waals surface area contributed by atoms with Crippen molar-refractivity contribution in [1.29, 1.82) is 0 Å². The van der Waals surface area contributed by atoms with Crippen LogP contribution >= 0.6 is 0 Å². The first-order valence-electron chi connectivity index (χ1n) is 6.29. The van der Waals surface area contributed by atoms with E-state index in [1.165, 1.54) is 19.2 Å². The van der Waals surface area contributed by atoms with Crippen molar-refractivity contribution in [3.8, 4) is 5.75 Å². The molecule has 1 aromatic carbocycles. The van der Waals surface area contributed by atoms with Crippen molar-refractivity contribution in [2.24, 2.45) is 0 Å².